The molecule has 0 aliphatic carbocycles. The number of Topliss-reactive ketones (excluding diaryl/α,β-unsaturated/α-hetero) is 1. The summed E-state index contributed by atoms with van der Waals surface area (Å²) in [5.41, 5.74) is 4.43. The lowest BCUT2D eigenvalue weighted by atomic mass is 10.1. The number of hydrogen-bond donors (Lipinski definition) is 2. The molecule has 10 nitrogen and oxygen atoms in total. The number of esters is 1. The first kappa shape index (κ1) is 23.5. The molecule has 0 saturated heterocycles. The first-order chi connectivity index (χ1) is 14.8. The largest absolute Gasteiger partial charge is 0.457 e. The number of amides is 2. The van der Waals surface area contributed by atoms with Crippen LogP contribution in [0.2, 0.25) is 5.02 Å². The van der Waals surface area contributed by atoms with Crippen molar-refractivity contribution in [2.24, 2.45) is 0 Å². The molecule has 0 aliphatic rings. The summed E-state index contributed by atoms with van der Waals surface area (Å²) in [4.78, 5) is 57.5. The fourth-order valence-corrected chi connectivity index (χ4v) is 2.61. The van der Waals surface area contributed by atoms with Crippen molar-refractivity contribution in [3.05, 3.63) is 74.8 Å². The standard InChI is InChI=1S/C20H18ClN3O7/c21-16-8-2-1-7-15(16)20(28)23-22-18(26)9-4-10-19(27)31-12-17(25)13-5-3-6-14(11-13)24(29)30/h1-3,5-8,11H,4,9-10,12H2,(H,22,26)(H,23,28). The Bertz CT molecular complexity index is 1010. The van der Waals surface area contributed by atoms with Gasteiger partial charge in [0, 0.05) is 30.5 Å². The van der Waals surface area contributed by atoms with E-state index in [2.05, 4.69) is 10.9 Å². The van der Waals surface area contributed by atoms with E-state index in [9.17, 15) is 29.3 Å². The Labute approximate surface area is 181 Å². The van der Waals surface area contributed by atoms with E-state index >= 15 is 0 Å². The number of benzene rings is 2. The molecule has 0 atom stereocenters. The lowest BCUT2D eigenvalue weighted by Gasteiger charge is -2.08. The second kappa shape index (κ2) is 11.4. The first-order valence-corrected chi connectivity index (χ1v) is 9.42. The molecule has 2 aromatic rings. The maximum absolute atomic E-state index is 12.0. The highest BCUT2D eigenvalue weighted by molar-refractivity contribution is 6.33. The first-order valence-electron chi connectivity index (χ1n) is 9.05. The maximum Gasteiger partial charge on any atom is 0.306 e. The summed E-state index contributed by atoms with van der Waals surface area (Å²) in [5, 5.41) is 11.0. The Morgan fingerprint density at radius 1 is 1.00 bits per heavy atom. The molecule has 0 aliphatic heterocycles. The summed E-state index contributed by atoms with van der Waals surface area (Å²) in [5.74, 6) is -2.40. The van der Waals surface area contributed by atoms with Crippen molar-refractivity contribution in [3.8, 4) is 0 Å². The van der Waals surface area contributed by atoms with Crippen LogP contribution in [0.4, 0.5) is 5.69 Å². The van der Waals surface area contributed by atoms with Gasteiger partial charge in [-0.2, -0.15) is 0 Å². The predicted molar refractivity (Wildman–Crippen MR) is 109 cm³/mol. The molecule has 2 aromatic carbocycles. The minimum absolute atomic E-state index is 0.0515. The minimum atomic E-state index is -0.702. The van der Waals surface area contributed by atoms with Gasteiger partial charge in [-0.05, 0) is 18.6 Å². The van der Waals surface area contributed by atoms with E-state index in [0.29, 0.717) is 0 Å². The van der Waals surface area contributed by atoms with Crippen LogP contribution < -0.4 is 10.9 Å². The molecule has 2 N–H and O–H groups in total. The molecule has 0 radical (unpaired) electrons. The Kier molecular flexibility index (Phi) is 8.64. The zero-order valence-electron chi connectivity index (χ0n) is 16.1. The summed E-state index contributed by atoms with van der Waals surface area (Å²) in [6, 6.07) is 11.4. The van der Waals surface area contributed by atoms with E-state index in [1.165, 1.54) is 30.3 Å². The molecule has 0 spiro atoms. The number of nitrogens with one attached hydrogen (secondary N) is 2. The van der Waals surface area contributed by atoms with Crippen LogP contribution in [-0.4, -0.2) is 35.1 Å². The third-order valence-electron chi connectivity index (χ3n) is 3.96. The van der Waals surface area contributed by atoms with Crippen LogP contribution >= 0.6 is 11.6 Å². The number of hydrogen-bond acceptors (Lipinski definition) is 7. The molecule has 0 saturated carbocycles. The van der Waals surface area contributed by atoms with Gasteiger partial charge < -0.3 is 4.74 Å². The fraction of sp³-hybridized carbons (Fsp3) is 0.200. The highest BCUT2D eigenvalue weighted by Crippen LogP contribution is 2.15. The molecule has 162 valence electrons. The van der Waals surface area contributed by atoms with Crippen LogP contribution in [0, 0.1) is 10.1 Å². The van der Waals surface area contributed by atoms with E-state index in [4.69, 9.17) is 16.3 Å². The number of ether oxygens (including phenoxy) is 1. The Balaban J connectivity index is 1.67. The quantitative estimate of drug-likeness (QED) is 0.260. The van der Waals surface area contributed by atoms with Crippen LogP contribution in [0.3, 0.4) is 0 Å². The van der Waals surface area contributed by atoms with E-state index in [1.54, 1.807) is 12.1 Å². The molecule has 2 rings (SSSR count). The van der Waals surface area contributed by atoms with E-state index < -0.39 is 35.1 Å². The molecule has 11 heteroatoms. The number of nitro groups is 1. The number of nitro benzene ring substituents is 1. The van der Waals surface area contributed by atoms with Gasteiger partial charge in [-0.15, -0.1) is 0 Å². The summed E-state index contributed by atoms with van der Waals surface area (Å²) in [6.45, 7) is -0.569. The lowest BCUT2D eigenvalue weighted by Crippen LogP contribution is -2.41. The number of nitrogens with zero attached hydrogens (tertiary/aromatic N) is 1. The number of carbonyl (C=O) groups excluding carboxylic acids is 4. The third kappa shape index (κ3) is 7.52. The van der Waals surface area contributed by atoms with Gasteiger partial charge in [-0.25, -0.2) is 0 Å². The number of non-ortho nitro benzene ring substituents is 1. The second-order valence-corrected chi connectivity index (χ2v) is 6.63. The van der Waals surface area contributed by atoms with Gasteiger partial charge >= 0.3 is 5.97 Å². The van der Waals surface area contributed by atoms with Gasteiger partial charge in [-0.1, -0.05) is 35.9 Å². The van der Waals surface area contributed by atoms with Crippen molar-refractivity contribution in [1.29, 1.82) is 0 Å². The highest BCUT2D eigenvalue weighted by atomic mass is 35.5. The van der Waals surface area contributed by atoms with Crippen LogP contribution in [0.5, 0.6) is 0 Å². The third-order valence-corrected chi connectivity index (χ3v) is 4.29. The highest BCUT2D eigenvalue weighted by Gasteiger charge is 2.14. The monoisotopic (exact) mass is 447 g/mol. The SMILES string of the molecule is O=C(CCCC(=O)OCC(=O)c1cccc([N+](=O)[O-])c1)NNC(=O)c1ccccc1Cl. The van der Waals surface area contributed by atoms with Crippen molar-refractivity contribution in [3.63, 3.8) is 0 Å². The van der Waals surface area contributed by atoms with E-state index in [-0.39, 0.29) is 41.1 Å². The maximum atomic E-state index is 12.0. The molecule has 2 amide bonds. The Morgan fingerprint density at radius 2 is 1.74 bits per heavy atom. The van der Waals surface area contributed by atoms with Crippen molar-refractivity contribution in [1.82, 2.24) is 10.9 Å². The zero-order chi connectivity index (χ0) is 22.8. The normalized spacial score (nSPS) is 10.1. The predicted octanol–water partition coefficient (Wildman–Crippen LogP) is 2.61. The van der Waals surface area contributed by atoms with Crippen LogP contribution in [-0.2, 0) is 14.3 Å². The average molecular weight is 448 g/mol. The summed E-state index contributed by atoms with van der Waals surface area (Å²) in [6.07, 6.45) is -0.0809. The Hall–Kier alpha value is -3.79. The fourth-order valence-electron chi connectivity index (χ4n) is 2.39. The zero-order valence-corrected chi connectivity index (χ0v) is 16.9. The second-order valence-electron chi connectivity index (χ2n) is 6.23. The van der Waals surface area contributed by atoms with Gasteiger partial charge in [-0.3, -0.25) is 40.1 Å². The average Bonchev–Trinajstić information content (AvgIpc) is 2.76. The molecule has 0 unspecified atom stereocenters. The van der Waals surface area contributed by atoms with Crippen LogP contribution in [0.25, 0.3) is 0 Å². The lowest BCUT2D eigenvalue weighted by molar-refractivity contribution is -0.384. The van der Waals surface area contributed by atoms with Crippen molar-refractivity contribution < 1.29 is 28.8 Å². The number of carbonyl (C=O) groups is 4. The van der Waals surface area contributed by atoms with E-state index in [1.807, 2.05) is 0 Å². The van der Waals surface area contributed by atoms with Gasteiger partial charge in [0.15, 0.2) is 6.61 Å². The number of rotatable bonds is 9. The van der Waals surface area contributed by atoms with E-state index in [0.717, 1.165) is 6.07 Å². The Morgan fingerprint density at radius 3 is 2.45 bits per heavy atom. The van der Waals surface area contributed by atoms with Gasteiger partial charge in [0.25, 0.3) is 11.6 Å². The summed E-state index contributed by atoms with van der Waals surface area (Å²) < 4.78 is 4.84. The summed E-state index contributed by atoms with van der Waals surface area (Å²) in [7, 11) is 0. The molecule has 31 heavy (non-hydrogen) atoms. The number of hydrazine groups is 1. The molecule has 0 bridgehead atoms. The van der Waals surface area contributed by atoms with Gasteiger partial charge in [0.1, 0.15) is 0 Å². The van der Waals surface area contributed by atoms with Crippen molar-refractivity contribution in [2.75, 3.05) is 6.61 Å². The van der Waals surface area contributed by atoms with Crippen LogP contribution in [0.1, 0.15) is 40.0 Å². The molecule has 0 aromatic heterocycles. The van der Waals surface area contributed by atoms with Crippen LogP contribution in [0.15, 0.2) is 48.5 Å². The molecular formula is C20H18ClN3O7. The minimum Gasteiger partial charge on any atom is -0.457 e. The van der Waals surface area contributed by atoms with Gasteiger partial charge in [0.05, 0.1) is 15.5 Å². The number of halogens is 1. The van der Waals surface area contributed by atoms with Crippen molar-refractivity contribution >= 4 is 40.9 Å². The molecule has 0 fully saturated rings. The summed E-state index contributed by atoms with van der Waals surface area (Å²) >= 11 is 5.89. The van der Waals surface area contributed by atoms with Crippen molar-refractivity contribution in [2.45, 2.75) is 19.3 Å². The topological polar surface area (TPSA) is 145 Å². The smallest absolute Gasteiger partial charge is 0.306 e. The molecular weight excluding hydrogens is 430 g/mol. The molecule has 0 heterocycles. The number of ketones is 1. The van der Waals surface area contributed by atoms with Gasteiger partial charge in [0.2, 0.25) is 11.7 Å².